The van der Waals surface area contributed by atoms with E-state index in [0.29, 0.717) is 20.9 Å². The largest absolute Gasteiger partial charge is 0.467 e. The first kappa shape index (κ1) is 16.0. The normalized spacial score (nSPS) is 10.3. The van der Waals surface area contributed by atoms with E-state index in [1.54, 1.807) is 18.4 Å². The van der Waals surface area contributed by atoms with Crippen LogP contribution < -0.4 is 5.32 Å². The average molecular weight is 359 g/mol. The van der Waals surface area contributed by atoms with Gasteiger partial charge in [0.05, 0.1) is 34.3 Å². The van der Waals surface area contributed by atoms with Gasteiger partial charge in [-0.15, -0.1) is 10.2 Å². The number of hydrogen-bond donors (Lipinski definition) is 1. The molecule has 0 atom stereocenters. The predicted molar refractivity (Wildman–Crippen MR) is 87.9 cm³/mol. The van der Waals surface area contributed by atoms with Crippen LogP contribution in [0, 0.1) is 21.4 Å². The lowest BCUT2D eigenvalue weighted by Crippen LogP contribution is -1.96. The van der Waals surface area contributed by atoms with Gasteiger partial charge in [-0.25, -0.2) is 0 Å². The molecule has 2 heterocycles. The third-order valence-electron chi connectivity index (χ3n) is 2.88. The van der Waals surface area contributed by atoms with Crippen molar-refractivity contribution < 1.29 is 9.34 Å². The number of benzene rings is 1. The molecule has 0 saturated heterocycles. The van der Waals surface area contributed by atoms with E-state index in [9.17, 15) is 10.1 Å². The zero-order chi connectivity index (χ0) is 16.9. The fraction of sp³-hybridized carbons (Fsp3) is 0.0714. The first-order valence-corrected chi connectivity index (χ1v) is 8.25. The number of anilines is 1. The predicted octanol–water partition coefficient (Wildman–Crippen LogP) is 3.67. The lowest BCUT2D eigenvalue weighted by Gasteiger charge is -2.00. The van der Waals surface area contributed by atoms with Crippen molar-refractivity contribution in [3.05, 3.63) is 58.0 Å². The highest BCUT2D eigenvalue weighted by molar-refractivity contribution is 8.01. The molecule has 0 unspecified atom stereocenters. The highest BCUT2D eigenvalue weighted by Crippen LogP contribution is 2.37. The molecule has 0 aliphatic heterocycles. The SMILES string of the molecule is N#Cc1ccc(Sc2nnc(NCc3ccco3)s2)c([N+](=O)[O-])c1. The summed E-state index contributed by atoms with van der Waals surface area (Å²) in [7, 11) is 0. The van der Waals surface area contributed by atoms with E-state index in [1.807, 2.05) is 12.1 Å². The number of aromatic nitrogens is 2. The molecule has 0 amide bonds. The average Bonchev–Trinajstić information content (AvgIpc) is 3.24. The van der Waals surface area contributed by atoms with Crippen LogP contribution in [-0.2, 0) is 6.54 Å². The van der Waals surface area contributed by atoms with Gasteiger partial charge < -0.3 is 9.73 Å². The van der Waals surface area contributed by atoms with E-state index >= 15 is 0 Å². The number of furan rings is 1. The summed E-state index contributed by atoms with van der Waals surface area (Å²) in [6.45, 7) is 0.476. The molecule has 0 spiro atoms. The van der Waals surface area contributed by atoms with Crippen molar-refractivity contribution in [3.63, 3.8) is 0 Å². The van der Waals surface area contributed by atoms with Gasteiger partial charge in [0.1, 0.15) is 5.76 Å². The van der Waals surface area contributed by atoms with E-state index in [0.717, 1.165) is 17.5 Å². The van der Waals surface area contributed by atoms with Gasteiger partial charge in [0, 0.05) is 6.07 Å². The number of nitrogens with one attached hydrogen (secondary N) is 1. The smallest absolute Gasteiger partial charge is 0.284 e. The van der Waals surface area contributed by atoms with Crippen molar-refractivity contribution in [3.8, 4) is 6.07 Å². The summed E-state index contributed by atoms with van der Waals surface area (Å²) in [5.74, 6) is 0.766. The summed E-state index contributed by atoms with van der Waals surface area (Å²) in [4.78, 5) is 11.0. The van der Waals surface area contributed by atoms with Crippen LogP contribution >= 0.6 is 23.1 Å². The molecular formula is C14H9N5O3S2. The summed E-state index contributed by atoms with van der Waals surface area (Å²) in [6, 6.07) is 9.84. The number of nitro groups is 1. The van der Waals surface area contributed by atoms with Gasteiger partial charge in [0.2, 0.25) is 5.13 Å². The van der Waals surface area contributed by atoms with Crippen molar-refractivity contribution in [2.45, 2.75) is 15.8 Å². The number of rotatable bonds is 6. The summed E-state index contributed by atoms with van der Waals surface area (Å²) in [5, 5.41) is 31.7. The summed E-state index contributed by atoms with van der Waals surface area (Å²) < 4.78 is 5.77. The molecule has 10 heteroatoms. The Labute approximate surface area is 144 Å². The van der Waals surface area contributed by atoms with E-state index < -0.39 is 4.92 Å². The second kappa shape index (κ2) is 7.12. The summed E-state index contributed by atoms with van der Waals surface area (Å²) >= 11 is 2.42. The van der Waals surface area contributed by atoms with Gasteiger partial charge >= 0.3 is 0 Å². The molecule has 0 fully saturated rings. The lowest BCUT2D eigenvalue weighted by atomic mass is 10.2. The van der Waals surface area contributed by atoms with Crippen LogP contribution in [0.3, 0.4) is 0 Å². The minimum absolute atomic E-state index is 0.126. The standard InChI is InChI=1S/C14H9N5O3S2/c15-7-9-3-4-12(11(6-9)19(20)21)23-14-18-17-13(24-14)16-8-10-2-1-5-22-10/h1-6H,8H2,(H,16,17). The van der Waals surface area contributed by atoms with Gasteiger partial charge in [-0.1, -0.05) is 11.3 Å². The highest BCUT2D eigenvalue weighted by atomic mass is 32.2. The molecule has 0 bridgehead atoms. The lowest BCUT2D eigenvalue weighted by molar-refractivity contribution is -0.387. The molecule has 0 aliphatic rings. The van der Waals surface area contributed by atoms with Crippen LogP contribution in [0.25, 0.3) is 0 Å². The van der Waals surface area contributed by atoms with Gasteiger partial charge in [-0.3, -0.25) is 10.1 Å². The van der Waals surface area contributed by atoms with Crippen LogP contribution in [0.1, 0.15) is 11.3 Å². The van der Waals surface area contributed by atoms with Crippen molar-refractivity contribution in [1.82, 2.24) is 10.2 Å². The van der Waals surface area contributed by atoms with Crippen molar-refractivity contribution >= 4 is 33.9 Å². The van der Waals surface area contributed by atoms with E-state index in [2.05, 4.69) is 15.5 Å². The van der Waals surface area contributed by atoms with E-state index in [4.69, 9.17) is 9.68 Å². The topological polar surface area (TPSA) is 118 Å². The second-order valence-corrected chi connectivity index (χ2v) is 6.73. The Morgan fingerprint density at radius 2 is 2.29 bits per heavy atom. The number of hydrogen-bond acceptors (Lipinski definition) is 9. The molecule has 3 aromatic rings. The van der Waals surface area contributed by atoms with Gasteiger partial charge in [0.15, 0.2) is 4.34 Å². The van der Waals surface area contributed by atoms with Crippen molar-refractivity contribution in [1.29, 1.82) is 5.26 Å². The molecule has 24 heavy (non-hydrogen) atoms. The maximum absolute atomic E-state index is 11.1. The Morgan fingerprint density at radius 3 is 3.00 bits per heavy atom. The summed E-state index contributed by atoms with van der Waals surface area (Å²) in [5.41, 5.74) is 0.114. The third kappa shape index (κ3) is 3.70. The molecule has 8 nitrogen and oxygen atoms in total. The highest BCUT2D eigenvalue weighted by Gasteiger charge is 2.18. The first-order valence-electron chi connectivity index (χ1n) is 6.62. The minimum Gasteiger partial charge on any atom is -0.467 e. The van der Waals surface area contributed by atoms with Gasteiger partial charge in [0.25, 0.3) is 5.69 Å². The monoisotopic (exact) mass is 359 g/mol. The van der Waals surface area contributed by atoms with Gasteiger partial charge in [-0.2, -0.15) is 5.26 Å². The number of nitriles is 1. The second-order valence-electron chi connectivity index (χ2n) is 4.46. The molecule has 2 aromatic heterocycles. The fourth-order valence-corrected chi connectivity index (χ4v) is 3.60. The Morgan fingerprint density at radius 1 is 1.42 bits per heavy atom. The van der Waals surface area contributed by atoms with Crippen LogP contribution in [0.5, 0.6) is 0 Å². The zero-order valence-corrected chi connectivity index (χ0v) is 13.6. The first-order chi connectivity index (χ1) is 11.7. The van der Waals surface area contributed by atoms with Crippen molar-refractivity contribution in [2.75, 3.05) is 5.32 Å². The molecule has 1 aromatic carbocycles. The number of nitro benzene ring substituents is 1. The Hall–Kier alpha value is -2.90. The Bertz CT molecular complexity index is 902. The number of nitrogens with zero attached hydrogens (tertiary/aromatic N) is 4. The van der Waals surface area contributed by atoms with Crippen LogP contribution in [-0.4, -0.2) is 15.1 Å². The molecule has 3 rings (SSSR count). The maximum Gasteiger partial charge on any atom is 0.284 e. The van der Waals surface area contributed by atoms with Crippen LogP contribution in [0.4, 0.5) is 10.8 Å². The Kier molecular flexibility index (Phi) is 4.74. The van der Waals surface area contributed by atoms with E-state index in [1.165, 1.54) is 23.5 Å². The fourth-order valence-electron chi connectivity index (χ4n) is 1.81. The molecule has 0 aliphatic carbocycles. The molecular weight excluding hydrogens is 350 g/mol. The molecule has 1 N–H and O–H groups in total. The third-order valence-corrected chi connectivity index (χ3v) is 4.88. The zero-order valence-electron chi connectivity index (χ0n) is 12.0. The van der Waals surface area contributed by atoms with Gasteiger partial charge in [-0.05, 0) is 36.0 Å². The Balaban J connectivity index is 1.72. The molecule has 0 saturated carbocycles. The summed E-state index contributed by atoms with van der Waals surface area (Å²) in [6.07, 6.45) is 1.59. The molecule has 120 valence electrons. The minimum atomic E-state index is -0.514. The molecule has 0 radical (unpaired) electrons. The van der Waals surface area contributed by atoms with Crippen LogP contribution in [0.2, 0.25) is 0 Å². The van der Waals surface area contributed by atoms with E-state index in [-0.39, 0.29) is 11.3 Å². The van der Waals surface area contributed by atoms with Crippen LogP contribution in [0.15, 0.2) is 50.2 Å². The maximum atomic E-state index is 11.1. The quantitative estimate of drug-likeness (QED) is 0.523. The van der Waals surface area contributed by atoms with Crippen molar-refractivity contribution in [2.24, 2.45) is 0 Å².